The fraction of sp³-hybridized carbons (Fsp3) is 1.00. The zero-order chi connectivity index (χ0) is 14.2. The lowest BCUT2D eigenvalue weighted by Crippen LogP contribution is -2.28. The smallest absolute Gasteiger partial charge is 0.0368 e. The van der Waals surface area contributed by atoms with E-state index in [-0.39, 0.29) is 8.80 Å². The van der Waals surface area contributed by atoms with Gasteiger partial charge in [-0.05, 0) is 37.0 Å². The summed E-state index contributed by atoms with van der Waals surface area (Å²) in [5, 5.41) is 1.22. The van der Waals surface area contributed by atoms with Crippen LogP contribution in [-0.2, 0) is 0 Å². The summed E-state index contributed by atoms with van der Waals surface area (Å²) < 4.78 is 0. The maximum atomic E-state index is 3.61. The first kappa shape index (κ1) is 17.1. The van der Waals surface area contributed by atoms with Crippen LogP contribution in [0.3, 0.4) is 0 Å². The molecule has 0 N–H and O–H groups in total. The van der Waals surface area contributed by atoms with Crippen LogP contribution in [0.15, 0.2) is 0 Å². The van der Waals surface area contributed by atoms with Gasteiger partial charge in [-0.3, -0.25) is 0 Å². The Morgan fingerprint density at radius 1 is 0.900 bits per heavy atom. The molecule has 1 aliphatic heterocycles. The molecule has 1 aliphatic carbocycles. The molecule has 0 atom stereocenters. The molecule has 118 valence electrons. The molecule has 1 saturated heterocycles. The predicted octanol–water partition coefficient (Wildman–Crippen LogP) is 6.41. The number of hydrogen-bond acceptors (Lipinski definition) is 0. The normalized spacial score (nSPS) is 35.1. The molecule has 1 saturated carbocycles. The Kier molecular flexibility index (Phi) is 8.24. The summed E-state index contributed by atoms with van der Waals surface area (Å²) >= 11 is 3.61. The van der Waals surface area contributed by atoms with Crippen molar-refractivity contribution in [2.24, 2.45) is 17.8 Å². The van der Waals surface area contributed by atoms with Crippen molar-refractivity contribution in [2.45, 2.75) is 89.3 Å². The van der Waals surface area contributed by atoms with Crippen molar-refractivity contribution >= 4 is 24.7 Å². The fourth-order valence-electron chi connectivity index (χ4n) is 4.73. The third-order valence-corrected chi connectivity index (χ3v) is 10.2. The van der Waals surface area contributed by atoms with Crippen LogP contribution in [-0.4, -0.2) is 14.1 Å². The molecule has 0 bridgehead atoms. The van der Waals surface area contributed by atoms with Gasteiger partial charge in [0.05, 0.1) is 0 Å². The minimum atomic E-state index is -0.280. The number of alkyl halides is 1. The molecule has 0 amide bonds. The van der Waals surface area contributed by atoms with E-state index >= 15 is 0 Å². The number of halogens is 1. The summed E-state index contributed by atoms with van der Waals surface area (Å²) in [5.74, 6) is 3.30. The molecule has 0 radical (unpaired) electrons. The minimum Gasteiger partial charge on any atom is -0.0928 e. The predicted molar refractivity (Wildman–Crippen MR) is 97.7 cm³/mol. The molecular formula is C18H35BrSi. The summed E-state index contributed by atoms with van der Waals surface area (Å²) in [6.07, 6.45) is 15.3. The third-order valence-electron chi connectivity index (χ3n) is 6.18. The molecule has 2 heteroatoms. The van der Waals surface area contributed by atoms with Gasteiger partial charge in [0.15, 0.2) is 0 Å². The Labute approximate surface area is 137 Å². The van der Waals surface area contributed by atoms with Crippen LogP contribution in [0.2, 0.25) is 18.1 Å². The second-order valence-electron chi connectivity index (χ2n) is 7.54. The Balaban J connectivity index is 1.62. The first-order valence-corrected chi connectivity index (χ1v) is 13.0. The SMILES string of the molecule is CCCCC[SiH]1CCC([C@H]2CC[C@H](CCBr)CC2)CC1. The Hall–Kier alpha value is 0.697. The van der Waals surface area contributed by atoms with Crippen LogP contribution in [0.25, 0.3) is 0 Å². The number of hydrogen-bond donors (Lipinski definition) is 0. The molecule has 2 rings (SSSR count). The lowest BCUT2D eigenvalue weighted by molar-refractivity contribution is 0.189. The summed E-state index contributed by atoms with van der Waals surface area (Å²) in [6, 6.07) is 5.05. The van der Waals surface area contributed by atoms with E-state index in [4.69, 9.17) is 0 Å². The van der Waals surface area contributed by atoms with Gasteiger partial charge in [0, 0.05) is 14.1 Å². The Morgan fingerprint density at radius 3 is 2.15 bits per heavy atom. The van der Waals surface area contributed by atoms with Crippen molar-refractivity contribution in [2.75, 3.05) is 5.33 Å². The average molecular weight is 359 g/mol. The molecule has 0 nitrogen and oxygen atoms in total. The van der Waals surface area contributed by atoms with Gasteiger partial charge >= 0.3 is 0 Å². The highest BCUT2D eigenvalue weighted by Gasteiger charge is 2.30. The molecule has 2 aliphatic rings. The molecule has 0 unspecified atom stereocenters. The first-order chi connectivity index (χ1) is 9.83. The summed E-state index contributed by atoms with van der Waals surface area (Å²) in [4.78, 5) is 0. The molecule has 0 spiro atoms. The van der Waals surface area contributed by atoms with Gasteiger partial charge < -0.3 is 0 Å². The van der Waals surface area contributed by atoms with E-state index < -0.39 is 0 Å². The van der Waals surface area contributed by atoms with Gasteiger partial charge in [-0.15, -0.1) is 0 Å². The molecule has 2 fully saturated rings. The lowest BCUT2D eigenvalue weighted by atomic mass is 9.73. The second kappa shape index (κ2) is 9.66. The summed E-state index contributed by atoms with van der Waals surface area (Å²) in [7, 11) is -0.280. The van der Waals surface area contributed by atoms with Crippen molar-refractivity contribution in [1.82, 2.24) is 0 Å². The van der Waals surface area contributed by atoms with E-state index in [0.717, 1.165) is 17.8 Å². The molecule has 0 aromatic rings. The fourth-order valence-corrected chi connectivity index (χ4v) is 8.91. The second-order valence-corrected chi connectivity index (χ2v) is 11.8. The van der Waals surface area contributed by atoms with Crippen LogP contribution in [0.4, 0.5) is 0 Å². The Morgan fingerprint density at radius 2 is 1.55 bits per heavy atom. The van der Waals surface area contributed by atoms with Crippen LogP contribution < -0.4 is 0 Å². The van der Waals surface area contributed by atoms with Gasteiger partial charge in [-0.1, -0.05) is 85.9 Å². The van der Waals surface area contributed by atoms with Gasteiger partial charge in [0.2, 0.25) is 0 Å². The topological polar surface area (TPSA) is 0 Å². The highest BCUT2D eigenvalue weighted by Crippen LogP contribution is 2.41. The van der Waals surface area contributed by atoms with Crippen molar-refractivity contribution in [3.05, 3.63) is 0 Å². The zero-order valence-corrected chi connectivity index (χ0v) is 16.3. The van der Waals surface area contributed by atoms with Gasteiger partial charge in [-0.2, -0.15) is 0 Å². The standard InChI is InChI=1S/C18H35BrSi/c1-2-3-4-13-20-14-10-18(11-15-20)17-7-5-16(6-8-17)9-12-19/h16-18,20H,2-15H2,1H3/t16-,17-,18?,20?. The Bertz CT molecular complexity index is 240. The van der Waals surface area contributed by atoms with Gasteiger partial charge in [0.25, 0.3) is 0 Å². The van der Waals surface area contributed by atoms with Crippen LogP contribution >= 0.6 is 15.9 Å². The number of rotatable bonds is 7. The monoisotopic (exact) mass is 358 g/mol. The van der Waals surface area contributed by atoms with Gasteiger partial charge in [-0.25, -0.2) is 0 Å². The third kappa shape index (κ3) is 5.48. The molecular weight excluding hydrogens is 324 g/mol. The summed E-state index contributed by atoms with van der Waals surface area (Å²) in [6.45, 7) is 2.34. The lowest BCUT2D eigenvalue weighted by Gasteiger charge is -2.37. The van der Waals surface area contributed by atoms with E-state index in [1.165, 1.54) is 37.4 Å². The summed E-state index contributed by atoms with van der Waals surface area (Å²) in [5.41, 5.74) is 0. The maximum absolute atomic E-state index is 3.61. The zero-order valence-electron chi connectivity index (χ0n) is 13.6. The van der Waals surface area contributed by atoms with Crippen molar-refractivity contribution in [1.29, 1.82) is 0 Å². The van der Waals surface area contributed by atoms with Crippen molar-refractivity contribution < 1.29 is 0 Å². The minimum absolute atomic E-state index is 0.280. The van der Waals surface area contributed by atoms with E-state index in [9.17, 15) is 0 Å². The highest BCUT2D eigenvalue weighted by atomic mass is 79.9. The van der Waals surface area contributed by atoms with E-state index in [0.29, 0.717) is 0 Å². The molecule has 1 heterocycles. The highest BCUT2D eigenvalue weighted by molar-refractivity contribution is 9.09. The van der Waals surface area contributed by atoms with Crippen LogP contribution in [0, 0.1) is 17.8 Å². The van der Waals surface area contributed by atoms with Gasteiger partial charge in [0.1, 0.15) is 0 Å². The van der Waals surface area contributed by atoms with Crippen LogP contribution in [0.5, 0.6) is 0 Å². The quantitative estimate of drug-likeness (QED) is 0.280. The van der Waals surface area contributed by atoms with Crippen LogP contribution in [0.1, 0.15) is 71.1 Å². The number of unbranched alkanes of at least 4 members (excludes halogenated alkanes) is 2. The maximum Gasteiger partial charge on any atom is 0.0368 e. The van der Waals surface area contributed by atoms with E-state index in [1.54, 1.807) is 50.2 Å². The molecule has 20 heavy (non-hydrogen) atoms. The van der Waals surface area contributed by atoms with Crippen molar-refractivity contribution in [3.8, 4) is 0 Å². The van der Waals surface area contributed by atoms with Crippen molar-refractivity contribution in [3.63, 3.8) is 0 Å². The molecule has 0 aromatic carbocycles. The first-order valence-electron chi connectivity index (χ1n) is 9.39. The average Bonchev–Trinajstić information content (AvgIpc) is 2.49. The molecule has 0 aromatic heterocycles. The largest absolute Gasteiger partial charge is 0.0928 e. The van der Waals surface area contributed by atoms with E-state index in [1.807, 2.05) is 0 Å². The van der Waals surface area contributed by atoms with E-state index in [2.05, 4.69) is 22.9 Å².